The number of pyridine rings is 1. The summed E-state index contributed by atoms with van der Waals surface area (Å²) in [6, 6.07) is 6.16. The summed E-state index contributed by atoms with van der Waals surface area (Å²) in [5.41, 5.74) is 10.5. The first kappa shape index (κ1) is 58.3. The Morgan fingerprint density at radius 2 is 1.83 bits per heavy atom. The Bertz CT molecular complexity index is 2900. The highest BCUT2D eigenvalue weighted by Crippen LogP contribution is 2.44. The zero-order valence-corrected chi connectivity index (χ0v) is 49.3. The fourth-order valence-corrected chi connectivity index (χ4v) is 13.7. The number of hydrazine groups is 1. The lowest BCUT2D eigenvalue weighted by Crippen LogP contribution is -2.64. The fourth-order valence-electron chi connectivity index (χ4n) is 13.7. The minimum Gasteiger partial charge on any atom is -0.464 e. The van der Waals surface area contributed by atoms with E-state index in [1.807, 2.05) is 27.0 Å². The number of urea groups is 1. The number of anilines is 1. The predicted molar refractivity (Wildman–Crippen MR) is 310 cm³/mol. The number of piperidine rings is 1. The van der Waals surface area contributed by atoms with Gasteiger partial charge in [-0.3, -0.25) is 39.0 Å². The number of carbonyl (C=O) groups excluding carboxylic acids is 5. The van der Waals surface area contributed by atoms with E-state index in [2.05, 4.69) is 94.6 Å². The van der Waals surface area contributed by atoms with Gasteiger partial charge in [0.15, 0.2) is 0 Å². The second-order valence-corrected chi connectivity index (χ2v) is 24.7. The largest absolute Gasteiger partial charge is 0.464 e. The lowest BCUT2D eigenvalue weighted by atomic mass is 9.84. The molecular weight excluding hydrogens is 1030 g/mol. The predicted octanol–water partition coefficient (Wildman–Crippen LogP) is 5.45. The molecule has 5 saturated heterocycles. The number of nitrogens with one attached hydrogen (secondary N) is 2. The van der Waals surface area contributed by atoms with Crippen LogP contribution in [0.4, 0.5) is 10.5 Å². The van der Waals surface area contributed by atoms with Crippen LogP contribution in [0.2, 0.25) is 0 Å². The SMILES string of the molecule is C=CC(=O)N1COC2(CCN(C(=O)N(C)[C@H](C(=O)N[C@H]3CN4CCC=C(C4)c4ccc5c(c4)c(c(-c4cc(N6CCN7CCOC[C@@H]7C6)cnc4[C@H](C)OC)n5CC)CC(C)(C)COC(=O)[C@@H]4CCCN(N4)C3=O)C(C)C)CC2)[C@@H]1C. The number of carbonyl (C=O) groups is 5. The number of aromatic nitrogens is 2. The number of likely N-dealkylation sites (tertiary alicyclic amines) is 1. The molecule has 1 aromatic carbocycles. The molecule has 2 N–H and O–H groups in total. The minimum atomic E-state index is -1.03. The summed E-state index contributed by atoms with van der Waals surface area (Å²) in [7, 11) is 3.38. The highest BCUT2D eigenvalue weighted by atomic mass is 16.5. The summed E-state index contributed by atoms with van der Waals surface area (Å²) in [6.07, 6.45) is 8.69. The number of aryl methyl sites for hydroxylation is 1. The summed E-state index contributed by atoms with van der Waals surface area (Å²) in [4.78, 5) is 88.4. The molecule has 6 bridgehead atoms. The van der Waals surface area contributed by atoms with E-state index in [-0.39, 0.29) is 55.8 Å². The molecule has 7 aliphatic heterocycles. The Balaban J connectivity index is 0.960. The Morgan fingerprint density at radius 3 is 2.57 bits per heavy atom. The number of piperazine rings is 1. The third kappa shape index (κ3) is 11.7. The average Bonchev–Trinajstić information content (AvgIpc) is 4.08. The van der Waals surface area contributed by atoms with Crippen molar-refractivity contribution in [1.29, 1.82) is 0 Å². The van der Waals surface area contributed by atoms with Crippen LogP contribution in [0.5, 0.6) is 0 Å². The number of esters is 1. The van der Waals surface area contributed by atoms with Crippen LogP contribution in [-0.4, -0.2) is 211 Å². The molecule has 3 aromatic rings. The van der Waals surface area contributed by atoms with Gasteiger partial charge in [-0.15, -0.1) is 0 Å². The molecule has 440 valence electrons. The fraction of sp³-hybridized carbons (Fsp3) is 0.639. The van der Waals surface area contributed by atoms with Gasteiger partial charge in [-0.2, -0.15) is 0 Å². The van der Waals surface area contributed by atoms with Crippen LogP contribution in [0.25, 0.3) is 27.7 Å². The van der Waals surface area contributed by atoms with E-state index >= 15 is 4.79 Å². The second-order valence-electron chi connectivity index (χ2n) is 24.7. The van der Waals surface area contributed by atoms with Crippen molar-refractivity contribution in [1.82, 2.24) is 49.8 Å². The number of fused-ring (bicyclic) bond motifs is 7. The van der Waals surface area contributed by atoms with Crippen LogP contribution in [0.15, 0.2) is 49.2 Å². The van der Waals surface area contributed by atoms with E-state index in [9.17, 15) is 19.2 Å². The molecule has 0 saturated carbocycles. The maximum absolute atomic E-state index is 15.0. The summed E-state index contributed by atoms with van der Waals surface area (Å²) >= 11 is 0. The normalized spacial score (nSPS) is 26.1. The van der Waals surface area contributed by atoms with Crippen molar-refractivity contribution >= 4 is 51.9 Å². The zero-order valence-electron chi connectivity index (χ0n) is 49.3. The van der Waals surface area contributed by atoms with E-state index < -0.39 is 41.0 Å². The van der Waals surface area contributed by atoms with E-state index in [0.717, 1.165) is 89.4 Å². The maximum atomic E-state index is 15.0. The summed E-state index contributed by atoms with van der Waals surface area (Å²) in [6.45, 7) is 26.6. The summed E-state index contributed by atoms with van der Waals surface area (Å²) in [5.74, 6) is -1.75. The molecule has 9 heterocycles. The molecule has 81 heavy (non-hydrogen) atoms. The van der Waals surface area contributed by atoms with Crippen LogP contribution >= 0.6 is 0 Å². The molecule has 5 amide bonds. The Hall–Kier alpha value is -5.90. The number of hydrogen-bond donors (Lipinski definition) is 2. The van der Waals surface area contributed by atoms with Crippen LogP contribution in [0.3, 0.4) is 0 Å². The van der Waals surface area contributed by atoms with Gasteiger partial charge in [-0.25, -0.2) is 10.2 Å². The number of rotatable bonds is 10. The standard InChI is InChI=1S/C61H87N11O9/c1-11-52(73)71-38-81-61(41(71)6)19-23-68(24-20-61)59(77)65(9)54(39(3)4)56(74)63-50-35-66-21-13-15-43(33-66)42-17-18-51-46(29-42)48(31-60(7,8)37-80-58(76)49-16-14-22-72(64-49)57(50)75)55(70(51)12-2)47-30-44(32-62-53(47)40(5)78-10)69-26-25-67-27-28-79-36-45(67)34-69/h11,15,17-18,29-30,32,39-41,45,49-50,54,64H,1,12-14,16,19-28,31,33-38H2,2-10H3,(H,63,74)/t40-,41-,45-,49-,50-,54-/m0/s1. The first-order chi connectivity index (χ1) is 38.8. The third-order valence-electron chi connectivity index (χ3n) is 18.5. The molecule has 7 atom stereocenters. The molecule has 0 radical (unpaired) electrons. The van der Waals surface area contributed by atoms with Gasteiger partial charge >= 0.3 is 12.0 Å². The first-order valence-corrected chi connectivity index (χ1v) is 29.6. The quantitative estimate of drug-likeness (QED) is 0.193. The van der Waals surface area contributed by atoms with Crippen molar-refractivity contribution in [2.24, 2.45) is 11.3 Å². The number of hydrogen-bond acceptors (Lipinski definition) is 14. The molecule has 7 aliphatic rings. The molecule has 20 heteroatoms. The van der Waals surface area contributed by atoms with Gasteiger partial charge in [-0.1, -0.05) is 46.4 Å². The highest BCUT2D eigenvalue weighted by Gasteiger charge is 2.50. The lowest BCUT2D eigenvalue weighted by molar-refractivity contribution is -0.155. The molecule has 20 nitrogen and oxygen atoms in total. The van der Waals surface area contributed by atoms with Crippen molar-refractivity contribution in [2.45, 2.75) is 135 Å². The second kappa shape index (κ2) is 24.1. The van der Waals surface area contributed by atoms with Crippen molar-refractivity contribution in [3.05, 3.63) is 66.0 Å². The van der Waals surface area contributed by atoms with Gasteiger partial charge in [0, 0.05) is 108 Å². The number of methoxy groups -OCH3 is 1. The van der Waals surface area contributed by atoms with Gasteiger partial charge in [-0.05, 0) is 106 Å². The Morgan fingerprint density at radius 1 is 1.04 bits per heavy atom. The number of benzene rings is 1. The summed E-state index contributed by atoms with van der Waals surface area (Å²) < 4.78 is 26.9. The summed E-state index contributed by atoms with van der Waals surface area (Å²) in [5, 5.41) is 5.75. The maximum Gasteiger partial charge on any atom is 0.324 e. The van der Waals surface area contributed by atoms with Gasteiger partial charge in [0.25, 0.3) is 5.91 Å². The van der Waals surface area contributed by atoms with Crippen molar-refractivity contribution in [2.75, 3.05) is 111 Å². The van der Waals surface area contributed by atoms with Gasteiger partial charge in [0.05, 0.1) is 66.9 Å². The third-order valence-corrected chi connectivity index (χ3v) is 18.5. The van der Waals surface area contributed by atoms with Crippen molar-refractivity contribution < 1.29 is 42.9 Å². The van der Waals surface area contributed by atoms with Gasteiger partial charge in [0.2, 0.25) is 11.8 Å². The molecule has 5 fully saturated rings. The van der Waals surface area contributed by atoms with E-state index in [0.29, 0.717) is 84.0 Å². The number of cyclic esters (lactones) is 1. The number of morpholine rings is 1. The first-order valence-electron chi connectivity index (χ1n) is 29.6. The number of likely N-dealkylation sites (N-methyl/N-ethyl adjacent to an activating group) is 1. The topological polar surface area (TPSA) is 187 Å². The molecule has 0 aliphatic carbocycles. The highest BCUT2D eigenvalue weighted by molar-refractivity contribution is 5.96. The number of ether oxygens (including phenoxy) is 4. The molecule has 2 aromatic heterocycles. The van der Waals surface area contributed by atoms with Crippen LogP contribution < -0.4 is 15.6 Å². The Kier molecular flexibility index (Phi) is 17.4. The van der Waals surface area contributed by atoms with Crippen molar-refractivity contribution in [3.63, 3.8) is 0 Å². The lowest BCUT2D eigenvalue weighted by Gasteiger charge is -2.44. The number of nitrogens with zero attached hydrogens (tertiary/aromatic N) is 9. The average molecular weight is 1120 g/mol. The van der Waals surface area contributed by atoms with E-state index in [1.54, 1.807) is 24.0 Å². The van der Waals surface area contributed by atoms with Crippen molar-refractivity contribution in [3.8, 4) is 11.3 Å². The minimum absolute atomic E-state index is 0.130. The molecule has 1 spiro atoms. The zero-order chi connectivity index (χ0) is 57.5. The van der Waals surface area contributed by atoms with E-state index in [1.165, 1.54) is 16.0 Å². The monoisotopic (exact) mass is 1120 g/mol. The number of amides is 5. The Labute approximate surface area is 478 Å². The molecular formula is C61H87N11O9. The van der Waals surface area contributed by atoms with E-state index in [4.69, 9.17) is 23.9 Å². The molecule has 1 unspecified atom stereocenters. The van der Waals surface area contributed by atoms with Crippen LogP contribution in [0, 0.1) is 11.3 Å². The van der Waals surface area contributed by atoms with Gasteiger partial charge < -0.3 is 48.4 Å². The molecule has 10 rings (SSSR count). The smallest absolute Gasteiger partial charge is 0.324 e. The van der Waals surface area contributed by atoms with Crippen LogP contribution in [-0.2, 0) is 51.1 Å². The van der Waals surface area contributed by atoms with Crippen LogP contribution in [0.1, 0.15) is 103 Å². The van der Waals surface area contributed by atoms with Gasteiger partial charge in [0.1, 0.15) is 24.9 Å².